The summed E-state index contributed by atoms with van der Waals surface area (Å²) in [5, 5.41) is 2.91. The maximum absolute atomic E-state index is 12.1. The smallest absolute Gasteiger partial charge is 0.260 e. The summed E-state index contributed by atoms with van der Waals surface area (Å²) in [5.74, 6) is 0.105. The molecule has 1 amide bonds. The number of carbonyl (C=O) groups excluding carboxylic acids is 1. The van der Waals surface area contributed by atoms with Crippen molar-refractivity contribution in [2.75, 3.05) is 6.54 Å². The molecule has 1 unspecified atom stereocenters. The van der Waals surface area contributed by atoms with E-state index in [-0.39, 0.29) is 23.1 Å². The molecule has 0 saturated heterocycles. The number of amides is 1. The summed E-state index contributed by atoms with van der Waals surface area (Å²) >= 11 is 0. The standard InChI is InChI=1S/C14H21N3O2/c15-9-12(10-5-2-1-3-6-10)17-14(19)11-7-4-8-16-13(11)18/h4,7-8,10,12H,1-3,5-6,9,15H2,(H,16,18)(H,17,19). The first-order valence-corrected chi connectivity index (χ1v) is 6.91. The number of aromatic amines is 1. The van der Waals surface area contributed by atoms with Gasteiger partial charge in [-0.25, -0.2) is 0 Å². The van der Waals surface area contributed by atoms with Crippen molar-refractivity contribution in [1.82, 2.24) is 10.3 Å². The molecule has 1 heterocycles. The predicted molar refractivity (Wildman–Crippen MR) is 73.9 cm³/mol. The first-order chi connectivity index (χ1) is 9.22. The van der Waals surface area contributed by atoms with Crippen LogP contribution in [0.5, 0.6) is 0 Å². The third-order valence-corrected chi connectivity index (χ3v) is 3.85. The highest BCUT2D eigenvalue weighted by atomic mass is 16.2. The molecule has 1 aliphatic rings. The molecule has 1 aliphatic carbocycles. The van der Waals surface area contributed by atoms with E-state index in [0.29, 0.717) is 12.5 Å². The Morgan fingerprint density at radius 3 is 2.79 bits per heavy atom. The van der Waals surface area contributed by atoms with E-state index in [1.807, 2.05) is 0 Å². The van der Waals surface area contributed by atoms with Gasteiger partial charge in [0, 0.05) is 18.8 Å². The van der Waals surface area contributed by atoms with Gasteiger partial charge in [0.25, 0.3) is 11.5 Å². The van der Waals surface area contributed by atoms with Gasteiger partial charge in [-0.3, -0.25) is 9.59 Å². The lowest BCUT2D eigenvalue weighted by atomic mass is 9.84. The number of hydrogen-bond acceptors (Lipinski definition) is 3. The van der Waals surface area contributed by atoms with Crippen LogP contribution in [0.1, 0.15) is 42.5 Å². The molecule has 19 heavy (non-hydrogen) atoms. The van der Waals surface area contributed by atoms with Crippen molar-refractivity contribution in [3.8, 4) is 0 Å². The molecular weight excluding hydrogens is 242 g/mol. The summed E-state index contributed by atoms with van der Waals surface area (Å²) in [5.41, 5.74) is 5.56. The number of H-pyrrole nitrogens is 1. The van der Waals surface area contributed by atoms with Crippen LogP contribution in [0, 0.1) is 5.92 Å². The van der Waals surface area contributed by atoms with Crippen molar-refractivity contribution in [2.24, 2.45) is 11.7 Å². The zero-order chi connectivity index (χ0) is 13.7. The van der Waals surface area contributed by atoms with Gasteiger partial charge >= 0.3 is 0 Å². The van der Waals surface area contributed by atoms with Crippen molar-refractivity contribution in [1.29, 1.82) is 0 Å². The summed E-state index contributed by atoms with van der Waals surface area (Å²) in [6, 6.07) is 3.14. The lowest BCUT2D eigenvalue weighted by Crippen LogP contribution is -2.47. The van der Waals surface area contributed by atoms with E-state index in [0.717, 1.165) is 12.8 Å². The highest BCUT2D eigenvalue weighted by molar-refractivity contribution is 5.93. The second-order valence-corrected chi connectivity index (χ2v) is 5.13. The van der Waals surface area contributed by atoms with Crippen LogP contribution in [0.4, 0.5) is 0 Å². The number of nitrogens with two attached hydrogens (primary N) is 1. The van der Waals surface area contributed by atoms with Gasteiger partial charge in [0.15, 0.2) is 0 Å². The minimum atomic E-state index is -0.362. The van der Waals surface area contributed by atoms with Gasteiger partial charge in [0.2, 0.25) is 0 Å². The molecule has 104 valence electrons. The van der Waals surface area contributed by atoms with Crippen molar-refractivity contribution in [3.05, 3.63) is 34.2 Å². The molecule has 1 fully saturated rings. The van der Waals surface area contributed by atoms with Gasteiger partial charge in [0.05, 0.1) is 0 Å². The van der Waals surface area contributed by atoms with E-state index in [1.54, 1.807) is 6.07 Å². The van der Waals surface area contributed by atoms with Gasteiger partial charge in [-0.05, 0) is 30.9 Å². The Bertz CT molecular complexity index is 478. The second kappa shape index (κ2) is 6.52. The topological polar surface area (TPSA) is 88.0 Å². The average Bonchev–Trinajstić information content (AvgIpc) is 2.46. The number of aromatic nitrogens is 1. The fraction of sp³-hybridized carbons (Fsp3) is 0.571. The predicted octanol–water partition coefficient (Wildman–Crippen LogP) is 1.01. The first kappa shape index (κ1) is 13.8. The lowest BCUT2D eigenvalue weighted by Gasteiger charge is -2.30. The van der Waals surface area contributed by atoms with Crippen LogP contribution >= 0.6 is 0 Å². The van der Waals surface area contributed by atoms with Crippen molar-refractivity contribution < 1.29 is 4.79 Å². The average molecular weight is 263 g/mol. The second-order valence-electron chi connectivity index (χ2n) is 5.13. The van der Waals surface area contributed by atoms with Crippen LogP contribution in [0.15, 0.2) is 23.1 Å². The van der Waals surface area contributed by atoms with Crippen LogP contribution in [0.25, 0.3) is 0 Å². The highest BCUT2D eigenvalue weighted by Gasteiger charge is 2.24. The zero-order valence-electron chi connectivity index (χ0n) is 11.0. The molecule has 0 aromatic carbocycles. The van der Waals surface area contributed by atoms with Gasteiger partial charge in [0.1, 0.15) is 5.56 Å². The normalized spacial score (nSPS) is 17.9. The molecule has 1 saturated carbocycles. The monoisotopic (exact) mass is 263 g/mol. The van der Waals surface area contributed by atoms with Gasteiger partial charge in [-0.2, -0.15) is 0 Å². The molecule has 0 bridgehead atoms. The minimum Gasteiger partial charge on any atom is -0.348 e. The first-order valence-electron chi connectivity index (χ1n) is 6.91. The van der Waals surface area contributed by atoms with Crippen LogP contribution < -0.4 is 16.6 Å². The van der Waals surface area contributed by atoms with E-state index in [9.17, 15) is 9.59 Å². The van der Waals surface area contributed by atoms with E-state index in [2.05, 4.69) is 10.3 Å². The van der Waals surface area contributed by atoms with Crippen LogP contribution in [-0.4, -0.2) is 23.5 Å². The summed E-state index contributed by atoms with van der Waals surface area (Å²) in [4.78, 5) is 26.2. The molecule has 0 aliphatic heterocycles. The van der Waals surface area contributed by atoms with Crippen molar-refractivity contribution in [3.63, 3.8) is 0 Å². The molecule has 5 heteroatoms. The Balaban J connectivity index is 2.04. The van der Waals surface area contributed by atoms with Crippen LogP contribution in [-0.2, 0) is 0 Å². The third-order valence-electron chi connectivity index (χ3n) is 3.85. The molecule has 0 radical (unpaired) electrons. The van der Waals surface area contributed by atoms with Gasteiger partial charge in [-0.1, -0.05) is 19.3 Å². The summed E-state index contributed by atoms with van der Waals surface area (Å²) in [6.45, 7) is 0.418. The maximum atomic E-state index is 12.1. The molecule has 1 atom stereocenters. The molecule has 2 rings (SSSR count). The number of rotatable bonds is 4. The molecule has 1 aromatic rings. The summed E-state index contributed by atoms with van der Waals surface area (Å²) in [7, 11) is 0. The zero-order valence-corrected chi connectivity index (χ0v) is 11.0. The fourth-order valence-electron chi connectivity index (χ4n) is 2.75. The van der Waals surface area contributed by atoms with Crippen LogP contribution in [0.2, 0.25) is 0 Å². The molecule has 4 N–H and O–H groups in total. The third kappa shape index (κ3) is 3.44. The SMILES string of the molecule is NCC(NC(=O)c1ccc[nH]c1=O)C1CCCCC1. The van der Waals surface area contributed by atoms with E-state index in [1.165, 1.54) is 31.5 Å². The Labute approximate surface area is 112 Å². The number of nitrogens with one attached hydrogen (secondary N) is 2. The molecule has 5 nitrogen and oxygen atoms in total. The summed E-state index contributed by atoms with van der Waals surface area (Å²) < 4.78 is 0. The number of hydrogen-bond donors (Lipinski definition) is 3. The summed E-state index contributed by atoms with van der Waals surface area (Å²) in [6.07, 6.45) is 7.38. The van der Waals surface area contributed by atoms with E-state index >= 15 is 0 Å². The van der Waals surface area contributed by atoms with Gasteiger partial charge in [-0.15, -0.1) is 0 Å². The minimum absolute atomic E-state index is 0.0348. The fourth-order valence-corrected chi connectivity index (χ4v) is 2.75. The quantitative estimate of drug-likeness (QED) is 0.757. The van der Waals surface area contributed by atoms with E-state index in [4.69, 9.17) is 5.73 Å². The molecular formula is C14H21N3O2. The Kier molecular flexibility index (Phi) is 4.74. The van der Waals surface area contributed by atoms with Gasteiger partial charge < -0.3 is 16.0 Å². The number of carbonyl (C=O) groups is 1. The van der Waals surface area contributed by atoms with Crippen molar-refractivity contribution in [2.45, 2.75) is 38.1 Å². The number of pyridine rings is 1. The Morgan fingerprint density at radius 1 is 1.42 bits per heavy atom. The van der Waals surface area contributed by atoms with E-state index < -0.39 is 0 Å². The molecule has 1 aromatic heterocycles. The lowest BCUT2D eigenvalue weighted by molar-refractivity contribution is 0.0914. The Hall–Kier alpha value is -1.62. The van der Waals surface area contributed by atoms with Crippen LogP contribution in [0.3, 0.4) is 0 Å². The highest BCUT2D eigenvalue weighted by Crippen LogP contribution is 2.26. The molecule has 0 spiro atoms. The largest absolute Gasteiger partial charge is 0.348 e. The maximum Gasteiger partial charge on any atom is 0.260 e. The van der Waals surface area contributed by atoms with Crippen molar-refractivity contribution >= 4 is 5.91 Å². The Morgan fingerprint density at radius 2 is 2.16 bits per heavy atom.